The van der Waals surface area contributed by atoms with Crippen molar-refractivity contribution in [1.29, 1.82) is 0 Å². The van der Waals surface area contributed by atoms with Crippen molar-refractivity contribution in [3.63, 3.8) is 0 Å². The summed E-state index contributed by atoms with van der Waals surface area (Å²) >= 11 is 0. The Morgan fingerprint density at radius 3 is 2.37 bits per heavy atom. The van der Waals surface area contributed by atoms with Crippen LogP contribution in [0.15, 0.2) is 59.4 Å². The van der Waals surface area contributed by atoms with E-state index in [0.29, 0.717) is 26.3 Å². The van der Waals surface area contributed by atoms with Crippen molar-refractivity contribution in [2.24, 2.45) is 0 Å². The number of fused-ring (bicyclic) bond motifs is 1. The highest BCUT2D eigenvalue weighted by Gasteiger charge is 2.32. The first-order chi connectivity index (χ1) is 13.1. The summed E-state index contributed by atoms with van der Waals surface area (Å²) in [6.45, 7) is 1.88. The SMILES string of the molecule is O=C(C1=COCCO1)N1CCN(S(=O)(=O)c2ccc3ccccc3c2)CC1. The number of rotatable bonds is 3. The van der Waals surface area contributed by atoms with Gasteiger partial charge in [-0.25, -0.2) is 8.42 Å². The topological polar surface area (TPSA) is 76.2 Å². The molecule has 142 valence electrons. The molecule has 0 saturated carbocycles. The van der Waals surface area contributed by atoms with Gasteiger partial charge in [-0.3, -0.25) is 4.79 Å². The maximum absolute atomic E-state index is 13.0. The zero-order chi connectivity index (χ0) is 18.9. The van der Waals surface area contributed by atoms with Gasteiger partial charge in [0.15, 0.2) is 0 Å². The van der Waals surface area contributed by atoms with E-state index in [-0.39, 0.29) is 29.7 Å². The summed E-state index contributed by atoms with van der Waals surface area (Å²) in [6.07, 6.45) is 1.32. The normalized spacial score (nSPS) is 18.5. The molecule has 27 heavy (non-hydrogen) atoms. The Kier molecular flexibility index (Phi) is 4.75. The number of carbonyl (C=O) groups is 1. The minimum absolute atomic E-state index is 0.173. The van der Waals surface area contributed by atoms with Crippen LogP contribution in [-0.4, -0.2) is 62.9 Å². The molecule has 0 unspecified atom stereocenters. The lowest BCUT2D eigenvalue weighted by Crippen LogP contribution is -2.51. The lowest BCUT2D eigenvalue weighted by atomic mass is 10.1. The van der Waals surface area contributed by atoms with Crippen LogP contribution in [0.3, 0.4) is 0 Å². The molecule has 2 aromatic rings. The van der Waals surface area contributed by atoms with E-state index in [0.717, 1.165) is 10.8 Å². The molecule has 1 amide bonds. The molecule has 8 heteroatoms. The van der Waals surface area contributed by atoms with E-state index >= 15 is 0 Å². The Hall–Kier alpha value is -2.58. The van der Waals surface area contributed by atoms with E-state index in [1.54, 1.807) is 17.0 Å². The number of ether oxygens (including phenoxy) is 2. The average Bonchev–Trinajstić information content (AvgIpc) is 2.73. The summed E-state index contributed by atoms with van der Waals surface area (Å²) in [5.41, 5.74) is 0. The van der Waals surface area contributed by atoms with Gasteiger partial charge in [-0.1, -0.05) is 30.3 Å². The third-order valence-electron chi connectivity index (χ3n) is 4.74. The Balaban J connectivity index is 1.47. The summed E-state index contributed by atoms with van der Waals surface area (Å²) in [7, 11) is -3.60. The Labute approximate surface area is 157 Å². The van der Waals surface area contributed by atoms with Crippen molar-refractivity contribution in [3.05, 3.63) is 54.5 Å². The number of carbonyl (C=O) groups excluding carboxylic acids is 1. The van der Waals surface area contributed by atoms with Crippen LogP contribution >= 0.6 is 0 Å². The van der Waals surface area contributed by atoms with Crippen LogP contribution in [0.25, 0.3) is 10.8 Å². The van der Waals surface area contributed by atoms with Crippen molar-refractivity contribution >= 4 is 26.7 Å². The average molecular weight is 388 g/mol. The molecule has 0 N–H and O–H groups in total. The molecule has 2 heterocycles. The van der Waals surface area contributed by atoms with Gasteiger partial charge in [-0.05, 0) is 22.9 Å². The van der Waals surface area contributed by atoms with E-state index < -0.39 is 10.0 Å². The molecule has 4 rings (SSSR count). The van der Waals surface area contributed by atoms with Gasteiger partial charge < -0.3 is 14.4 Å². The molecular formula is C19H20N2O5S. The number of nitrogens with zero attached hydrogens (tertiary/aromatic N) is 2. The fourth-order valence-corrected chi connectivity index (χ4v) is 4.70. The number of hydrogen-bond donors (Lipinski definition) is 0. The Morgan fingerprint density at radius 1 is 0.926 bits per heavy atom. The lowest BCUT2D eigenvalue weighted by Gasteiger charge is -2.34. The molecule has 0 atom stereocenters. The first-order valence-electron chi connectivity index (χ1n) is 8.78. The van der Waals surface area contributed by atoms with Gasteiger partial charge in [0.05, 0.1) is 4.90 Å². The zero-order valence-corrected chi connectivity index (χ0v) is 15.5. The van der Waals surface area contributed by atoms with E-state index in [4.69, 9.17) is 9.47 Å². The van der Waals surface area contributed by atoms with Crippen LogP contribution in [0.2, 0.25) is 0 Å². The molecular weight excluding hydrogens is 368 g/mol. The molecule has 2 aliphatic rings. The lowest BCUT2D eigenvalue weighted by molar-refractivity contribution is -0.133. The van der Waals surface area contributed by atoms with Crippen LogP contribution in [0, 0.1) is 0 Å². The summed E-state index contributed by atoms with van der Waals surface area (Å²) < 4.78 is 37.8. The van der Waals surface area contributed by atoms with Crippen molar-refractivity contribution in [2.75, 3.05) is 39.4 Å². The van der Waals surface area contributed by atoms with Crippen LogP contribution in [0.1, 0.15) is 0 Å². The summed E-state index contributed by atoms with van der Waals surface area (Å²) in [5, 5.41) is 1.88. The Bertz CT molecular complexity index is 994. The van der Waals surface area contributed by atoms with E-state index in [2.05, 4.69) is 0 Å². The Morgan fingerprint density at radius 2 is 1.67 bits per heavy atom. The molecule has 0 spiro atoms. The maximum atomic E-state index is 13.0. The second-order valence-electron chi connectivity index (χ2n) is 6.41. The highest BCUT2D eigenvalue weighted by Crippen LogP contribution is 2.23. The summed E-state index contributed by atoms with van der Waals surface area (Å²) in [6, 6.07) is 12.8. The minimum Gasteiger partial charge on any atom is -0.494 e. The quantitative estimate of drug-likeness (QED) is 0.798. The number of benzene rings is 2. The predicted molar refractivity (Wildman–Crippen MR) is 99.3 cm³/mol. The number of piperazine rings is 1. The highest BCUT2D eigenvalue weighted by molar-refractivity contribution is 7.89. The van der Waals surface area contributed by atoms with E-state index in [9.17, 15) is 13.2 Å². The highest BCUT2D eigenvalue weighted by atomic mass is 32.2. The molecule has 0 aromatic heterocycles. The molecule has 2 aliphatic heterocycles. The van der Waals surface area contributed by atoms with E-state index in [1.807, 2.05) is 30.3 Å². The zero-order valence-electron chi connectivity index (χ0n) is 14.7. The van der Waals surface area contributed by atoms with Crippen molar-refractivity contribution in [3.8, 4) is 0 Å². The molecule has 0 bridgehead atoms. The molecule has 0 radical (unpaired) electrons. The number of hydrogen-bond acceptors (Lipinski definition) is 5. The third kappa shape index (κ3) is 3.50. The number of amides is 1. The smallest absolute Gasteiger partial charge is 0.292 e. The van der Waals surface area contributed by atoms with Crippen LogP contribution in [-0.2, 0) is 24.3 Å². The van der Waals surface area contributed by atoms with Gasteiger partial charge in [0, 0.05) is 26.2 Å². The van der Waals surface area contributed by atoms with Crippen molar-refractivity contribution in [1.82, 2.24) is 9.21 Å². The van der Waals surface area contributed by atoms with Gasteiger partial charge in [0.25, 0.3) is 5.91 Å². The molecule has 1 saturated heterocycles. The largest absolute Gasteiger partial charge is 0.494 e. The predicted octanol–water partition coefficient (Wildman–Crippen LogP) is 1.56. The first kappa shape index (κ1) is 17.8. The van der Waals surface area contributed by atoms with Gasteiger partial charge in [0.1, 0.15) is 19.5 Å². The van der Waals surface area contributed by atoms with Crippen LogP contribution in [0.5, 0.6) is 0 Å². The van der Waals surface area contributed by atoms with Gasteiger partial charge in [0.2, 0.25) is 15.8 Å². The minimum atomic E-state index is -3.60. The monoisotopic (exact) mass is 388 g/mol. The molecule has 0 aliphatic carbocycles. The fraction of sp³-hybridized carbons (Fsp3) is 0.316. The molecule has 2 aromatic carbocycles. The van der Waals surface area contributed by atoms with Crippen LogP contribution < -0.4 is 0 Å². The van der Waals surface area contributed by atoms with Gasteiger partial charge in [-0.2, -0.15) is 4.31 Å². The second kappa shape index (κ2) is 7.21. The standard InChI is InChI=1S/C19H20N2O5S/c22-19(18-14-25-11-12-26-18)20-7-9-21(10-8-20)27(23,24)17-6-5-15-3-1-2-4-16(15)13-17/h1-6,13-14H,7-12H2. The van der Waals surface area contributed by atoms with Crippen molar-refractivity contribution in [2.45, 2.75) is 4.90 Å². The third-order valence-corrected chi connectivity index (χ3v) is 6.64. The van der Waals surface area contributed by atoms with Crippen LogP contribution in [0.4, 0.5) is 0 Å². The van der Waals surface area contributed by atoms with Gasteiger partial charge in [-0.15, -0.1) is 0 Å². The molecule has 1 fully saturated rings. The maximum Gasteiger partial charge on any atom is 0.292 e. The van der Waals surface area contributed by atoms with E-state index in [1.165, 1.54) is 10.6 Å². The second-order valence-corrected chi connectivity index (χ2v) is 8.34. The van der Waals surface area contributed by atoms with Gasteiger partial charge >= 0.3 is 0 Å². The first-order valence-corrected chi connectivity index (χ1v) is 10.2. The van der Waals surface area contributed by atoms with Crippen molar-refractivity contribution < 1.29 is 22.7 Å². The summed E-state index contributed by atoms with van der Waals surface area (Å²) in [5.74, 6) is -0.0930. The summed E-state index contributed by atoms with van der Waals surface area (Å²) in [4.78, 5) is 14.3. The number of sulfonamides is 1. The fourth-order valence-electron chi connectivity index (χ4n) is 3.24. The molecule has 7 nitrogen and oxygen atoms in total.